The summed E-state index contributed by atoms with van der Waals surface area (Å²) in [5, 5.41) is 0. The average molecular weight is 344 g/mol. The van der Waals surface area contributed by atoms with Crippen molar-refractivity contribution < 1.29 is 9.53 Å². The molecule has 2 heterocycles. The molecule has 6 nitrogen and oxygen atoms in total. The number of amides is 1. The Labute approximate surface area is 150 Å². The van der Waals surface area contributed by atoms with Crippen molar-refractivity contribution in [3.05, 3.63) is 84.9 Å². The summed E-state index contributed by atoms with van der Waals surface area (Å²) in [5.74, 6) is 1.55. The minimum atomic E-state index is -0.236. The van der Waals surface area contributed by atoms with Gasteiger partial charge in [0.1, 0.15) is 11.4 Å². The fourth-order valence-electron chi connectivity index (χ4n) is 2.65. The molecule has 4 rings (SSSR count). The van der Waals surface area contributed by atoms with Crippen LogP contribution in [0.25, 0.3) is 5.78 Å². The van der Waals surface area contributed by atoms with Gasteiger partial charge in [-0.2, -0.15) is 0 Å². The van der Waals surface area contributed by atoms with Crippen molar-refractivity contribution in [3.63, 3.8) is 0 Å². The van der Waals surface area contributed by atoms with Crippen LogP contribution in [-0.2, 0) is 0 Å². The van der Waals surface area contributed by atoms with Crippen molar-refractivity contribution in [2.24, 2.45) is 0 Å². The first-order valence-electron chi connectivity index (χ1n) is 8.12. The zero-order valence-corrected chi connectivity index (χ0v) is 14.1. The Hall–Kier alpha value is -3.67. The summed E-state index contributed by atoms with van der Waals surface area (Å²) in [6, 6.07) is 18.6. The SMILES string of the molecule is CN(C(=O)c1cn2cccnc2n1)c1ccccc1Oc1ccccc1. The summed E-state index contributed by atoms with van der Waals surface area (Å²) in [6.45, 7) is 0. The van der Waals surface area contributed by atoms with Crippen molar-refractivity contribution in [1.29, 1.82) is 0 Å². The van der Waals surface area contributed by atoms with Gasteiger partial charge >= 0.3 is 0 Å². The first-order chi connectivity index (χ1) is 12.7. The maximum atomic E-state index is 12.9. The number of ether oxygens (including phenoxy) is 1. The van der Waals surface area contributed by atoms with E-state index in [9.17, 15) is 4.79 Å². The van der Waals surface area contributed by atoms with E-state index in [1.165, 1.54) is 4.90 Å². The first kappa shape index (κ1) is 15.8. The van der Waals surface area contributed by atoms with E-state index >= 15 is 0 Å². The number of para-hydroxylation sites is 3. The van der Waals surface area contributed by atoms with E-state index in [1.54, 1.807) is 36.1 Å². The molecule has 0 aliphatic carbocycles. The van der Waals surface area contributed by atoms with Crippen LogP contribution in [-0.4, -0.2) is 27.3 Å². The highest BCUT2D eigenvalue weighted by molar-refractivity contribution is 6.05. The smallest absolute Gasteiger partial charge is 0.278 e. The summed E-state index contributed by atoms with van der Waals surface area (Å²) in [6.07, 6.45) is 5.11. The molecule has 0 N–H and O–H groups in total. The number of carbonyl (C=O) groups is 1. The van der Waals surface area contributed by atoms with E-state index in [0.717, 1.165) is 0 Å². The highest BCUT2D eigenvalue weighted by atomic mass is 16.5. The number of hydrogen-bond donors (Lipinski definition) is 0. The normalized spacial score (nSPS) is 10.7. The Bertz CT molecular complexity index is 1030. The lowest BCUT2D eigenvalue weighted by Gasteiger charge is -2.19. The average Bonchev–Trinajstić information content (AvgIpc) is 3.12. The van der Waals surface area contributed by atoms with Gasteiger partial charge in [-0.15, -0.1) is 0 Å². The number of rotatable bonds is 4. The molecule has 0 saturated carbocycles. The lowest BCUT2D eigenvalue weighted by molar-refractivity contribution is 0.0988. The van der Waals surface area contributed by atoms with Crippen LogP contribution in [0.2, 0.25) is 0 Å². The van der Waals surface area contributed by atoms with Gasteiger partial charge in [0.05, 0.1) is 5.69 Å². The van der Waals surface area contributed by atoms with Gasteiger partial charge in [0.25, 0.3) is 5.91 Å². The molecule has 6 heteroatoms. The highest BCUT2D eigenvalue weighted by Gasteiger charge is 2.20. The van der Waals surface area contributed by atoms with E-state index in [4.69, 9.17) is 4.74 Å². The third-order valence-corrected chi connectivity index (χ3v) is 3.96. The van der Waals surface area contributed by atoms with Crippen molar-refractivity contribution in [2.75, 3.05) is 11.9 Å². The standard InChI is InChI=1S/C20H16N4O2/c1-23(19(25)16-14-24-13-7-12-21-20(24)22-16)17-10-5-6-11-18(17)26-15-8-3-2-4-9-15/h2-14H,1H3. The number of carbonyl (C=O) groups excluding carboxylic acids is 1. The maximum Gasteiger partial charge on any atom is 0.278 e. The maximum absolute atomic E-state index is 12.9. The van der Waals surface area contributed by atoms with E-state index in [1.807, 2.05) is 54.6 Å². The Morgan fingerprint density at radius 2 is 1.81 bits per heavy atom. The molecular formula is C20H16N4O2. The number of hydrogen-bond acceptors (Lipinski definition) is 4. The van der Waals surface area contributed by atoms with Crippen molar-refractivity contribution in [1.82, 2.24) is 14.4 Å². The minimum Gasteiger partial charge on any atom is -0.455 e. The molecule has 0 bridgehead atoms. The van der Waals surface area contributed by atoms with E-state index in [0.29, 0.717) is 28.7 Å². The topological polar surface area (TPSA) is 59.7 Å². The summed E-state index contributed by atoms with van der Waals surface area (Å²) >= 11 is 0. The Morgan fingerprint density at radius 3 is 2.62 bits per heavy atom. The van der Waals surface area contributed by atoms with E-state index in [-0.39, 0.29) is 5.91 Å². The van der Waals surface area contributed by atoms with Gasteiger partial charge in [-0.1, -0.05) is 30.3 Å². The monoisotopic (exact) mass is 344 g/mol. The van der Waals surface area contributed by atoms with Crippen LogP contribution in [0.15, 0.2) is 79.3 Å². The zero-order valence-electron chi connectivity index (χ0n) is 14.1. The van der Waals surface area contributed by atoms with Gasteiger partial charge in [-0.3, -0.25) is 9.20 Å². The molecule has 0 spiro atoms. The van der Waals surface area contributed by atoms with Gasteiger partial charge < -0.3 is 9.64 Å². The lowest BCUT2D eigenvalue weighted by atomic mass is 10.2. The van der Waals surface area contributed by atoms with Crippen LogP contribution < -0.4 is 9.64 Å². The molecule has 0 unspecified atom stereocenters. The number of nitrogens with zero attached hydrogens (tertiary/aromatic N) is 4. The fraction of sp³-hybridized carbons (Fsp3) is 0.0500. The second kappa shape index (κ2) is 6.68. The van der Waals surface area contributed by atoms with Crippen LogP contribution in [0, 0.1) is 0 Å². The van der Waals surface area contributed by atoms with Gasteiger partial charge in [0, 0.05) is 25.6 Å². The summed E-state index contributed by atoms with van der Waals surface area (Å²) in [4.78, 5) is 22.9. The van der Waals surface area contributed by atoms with Gasteiger partial charge in [0.15, 0.2) is 5.75 Å². The lowest BCUT2D eigenvalue weighted by Crippen LogP contribution is -2.26. The second-order valence-corrected chi connectivity index (χ2v) is 5.70. The third-order valence-electron chi connectivity index (χ3n) is 3.96. The summed E-state index contributed by atoms with van der Waals surface area (Å²) < 4.78 is 7.66. The summed E-state index contributed by atoms with van der Waals surface area (Å²) in [5.41, 5.74) is 0.979. The Morgan fingerprint density at radius 1 is 1.04 bits per heavy atom. The highest BCUT2D eigenvalue weighted by Crippen LogP contribution is 2.32. The molecule has 0 saturated heterocycles. The van der Waals surface area contributed by atoms with Gasteiger partial charge in [-0.25, -0.2) is 9.97 Å². The molecule has 26 heavy (non-hydrogen) atoms. The van der Waals surface area contributed by atoms with Crippen molar-refractivity contribution in [3.8, 4) is 11.5 Å². The second-order valence-electron chi connectivity index (χ2n) is 5.70. The molecule has 128 valence electrons. The fourth-order valence-corrected chi connectivity index (χ4v) is 2.65. The molecule has 4 aromatic rings. The number of benzene rings is 2. The molecule has 0 aliphatic rings. The molecular weight excluding hydrogens is 328 g/mol. The number of imidazole rings is 1. The van der Waals surface area contributed by atoms with Gasteiger partial charge in [0.2, 0.25) is 5.78 Å². The first-order valence-corrected chi connectivity index (χ1v) is 8.12. The predicted molar refractivity (Wildman–Crippen MR) is 98.7 cm³/mol. The minimum absolute atomic E-state index is 0.236. The number of fused-ring (bicyclic) bond motifs is 1. The summed E-state index contributed by atoms with van der Waals surface area (Å²) in [7, 11) is 1.70. The molecule has 0 radical (unpaired) electrons. The third kappa shape index (κ3) is 3.00. The Balaban J connectivity index is 1.65. The van der Waals surface area contributed by atoms with Crippen LogP contribution in [0.3, 0.4) is 0 Å². The van der Waals surface area contributed by atoms with Gasteiger partial charge in [-0.05, 0) is 30.3 Å². The van der Waals surface area contributed by atoms with Crippen molar-refractivity contribution >= 4 is 17.4 Å². The molecule has 2 aromatic heterocycles. The van der Waals surface area contributed by atoms with Crippen molar-refractivity contribution in [2.45, 2.75) is 0 Å². The number of anilines is 1. The molecule has 1 amide bonds. The molecule has 0 fully saturated rings. The zero-order chi connectivity index (χ0) is 17.9. The quantitative estimate of drug-likeness (QED) is 0.565. The van der Waals surface area contributed by atoms with E-state index < -0.39 is 0 Å². The van der Waals surface area contributed by atoms with Crippen LogP contribution in [0.1, 0.15) is 10.5 Å². The largest absolute Gasteiger partial charge is 0.455 e. The molecule has 0 atom stereocenters. The van der Waals surface area contributed by atoms with Crippen LogP contribution in [0.5, 0.6) is 11.5 Å². The Kier molecular flexibility index (Phi) is 4.07. The predicted octanol–water partition coefficient (Wildman–Crippen LogP) is 3.80. The van der Waals surface area contributed by atoms with E-state index in [2.05, 4.69) is 9.97 Å². The molecule has 2 aromatic carbocycles. The number of aromatic nitrogens is 3. The molecule has 0 aliphatic heterocycles. The van der Waals surface area contributed by atoms with Crippen LogP contribution >= 0.6 is 0 Å². The van der Waals surface area contributed by atoms with Crippen LogP contribution in [0.4, 0.5) is 5.69 Å².